The van der Waals surface area contributed by atoms with E-state index in [1.165, 1.54) is 53.6 Å². The van der Waals surface area contributed by atoms with E-state index in [1.54, 1.807) is 0 Å². The van der Waals surface area contributed by atoms with Crippen molar-refractivity contribution >= 4 is 31.5 Å². The quantitative estimate of drug-likeness (QED) is 0.274. The summed E-state index contributed by atoms with van der Waals surface area (Å²) in [5, 5.41) is 2.73. The molecule has 0 N–H and O–H groups in total. The largest absolute Gasteiger partial charge is 0.135 e. The van der Waals surface area contributed by atoms with Gasteiger partial charge in [0.1, 0.15) is 0 Å². The van der Waals surface area contributed by atoms with Gasteiger partial charge in [0.2, 0.25) is 0 Å². The lowest BCUT2D eigenvalue weighted by Gasteiger charge is -2.27. The van der Waals surface area contributed by atoms with E-state index in [0.717, 1.165) is 0 Å². The van der Waals surface area contributed by atoms with Crippen LogP contribution < -0.4 is 0 Å². The molecule has 5 aromatic rings. The van der Waals surface area contributed by atoms with E-state index in [9.17, 15) is 0 Å². The molecule has 0 amide bonds. The van der Waals surface area contributed by atoms with Gasteiger partial charge in [-0.05, 0) is 52.3 Å². The maximum atomic E-state index is 2.33. The molecule has 148 valence electrons. The van der Waals surface area contributed by atoms with Crippen LogP contribution in [0.3, 0.4) is 0 Å². The van der Waals surface area contributed by atoms with E-state index in [1.807, 2.05) is 11.3 Å². The minimum atomic E-state index is 0.0187. The Morgan fingerprint density at radius 3 is 2.00 bits per heavy atom. The van der Waals surface area contributed by atoms with Gasteiger partial charge in [0.25, 0.3) is 0 Å². The molecular formula is C29H26S. The second-order valence-corrected chi connectivity index (χ2v) is 10.2. The fourth-order valence-electron chi connectivity index (χ4n) is 4.56. The molecule has 0 unspecified atom stereocenters. The first-order valence-electron chi connectivity index (χ1n) is 10.5. The maximum Gasteiger partial charge on any atom is 0.0361 e. The van der Waals surface area contributed by atoms with Gasteiger partial charge < -0.3 is 0 Å². The fraction of sp³-hybridized carbons (Fsp3) is 0.172. The van der Waals surface area contributed by atoms with Crippen LogP contribution in [-0.2, 0) is 5.41 Å². The van der Waals surface area contributed by atoms with Crippen molar-refractivity contribution in [1.29, 1.82) is 0 Å². The Morgan fingerprint density at radius 2 is 1.23 bits per heavy atom. The van der Waals surface area contributed by atoms with Crippen LogP contribution in [0.5, 0.6) is 0 Å². The number of hydrogen-bond donors (Lipinski definition) is 0. The van der Waals surface area contributed by atoms with Gasteiger partial charge in [0.15, 0.2) is 0 Å². The predicted octanol–water partition coefficient (Wildman–Crippen LogP) is 8.99. The number of rotatable bonds is 2. The zero-order valence-electron chi connectivity index (χ0n) is 18.0. The molecule has 4 aromatic carbocycles. The number of fused-ring (bicyclic) bond motifs is 3. The molecule has 1 aromatic heterocycles. The first-order chi connectivity index (χ1) is 14.4. The summed E-state index contributed by atoms with van der Waals surface area (Å²) < 4.78 is 2.71. The molecule has 0 radical (unpaired) electrons. The van der Waals surface area contributed by atoms with E-state index >= 15 is 0 Å². The minimum absolute atomic E-state index is 0.0187. The van der Waals surface area contributed by atoms with Crippen LogP contribution in [0, 0.1) is 6.92 Å². The van der Waals surface area contributed by atoms with Crippen LogP contribution in [0.4, 0.5) is 0 Å². The summed E-state index contributed by atoms with van der Waals surface area (Å²) in [4.78, 5) is 0. The summed E-state index contributed by atoms with van der Waals surface area (Å²) in [5.41, 5.74) is 8.02. The Bertz CT molecular complexity index is 1360. The first-order valence-corrected chi connectivity index (χ1v) is 11.4. The van der Waals surface area contributed by atoms with Gasteiger partial charge in [-0.3, -0.25) is 0 Å². The van der Waals surface area contributed by atoms with Gasteiger partial charge in [0, 0.05) is 20.2 Å². The molecule has 0 saturated heterocycles. The van der Waals surface area contributed by atoms with Crippen molar-refractivity contribution in [1.82, 2.24) is 0 Å². The van der Waals surface area contributed by atoms with Crippen LogP contribution >= 0.6 is 11.3 Å². The number of thiophene rings is 1. The summed E-state index contributed by atoms with van der Waals surface area (Å²) in [5.74, 6) is 0. The Kier molecular flexibility index (Phi) is 4.52. The van der Waals surface area contributed by atoms with Gasteiger partial charge in [-0.25, -0.2) is 0 Å². The van der Waals surface area contributed by atoms with Crippen molar-refractivity contribution in [3.63, 3.8) is 0 Å². The zero-order chi connectivity index (χ0) is 20.9. The third-order valence-electron chi connectivity index (χ3n) is 5.87. The SMILES string of the molecule is Cc1ccc(-c2cccc(-c3cccc4sc5ccccc5c34)c2C(C)(C)C)cc1. The highest BCUT2D eigenvalue weighted by Gasteiger charge is 2.24. The normalized spacial score (nSPS) is 12.0. The molecule has 0 saturated carbocycles. The molecule has 0 aliphatic heterocycles. The Balaban J connectivity index is 1.86. The van der Waals surface area contributed by atoms with E-state index in [4.69, 9.17) is 0 Å². The van der Waals surface area contributed by atoms with E-state index in [2.05, 4.69) is 113 Å². The first kappa shape index (κ1) is 19.1. The summed E-state index contributed by atoms with van der Waals surface area (Å²) in [6.45, 7) is 9.13. The van der Waals surface area contributed by atoms with Crippen LogP contribution in [0.1, 0.15) is 31.9 Å². The molecule has 0 bridgehead atoms. The molecule has 0 aliphatic carbocycles. The summed E-state index contributed by atoms with van der Waals surface area (Å²) in [6.07, 6.45) is 0. The van der Waals surface area contributed by atoms with Crippen LogP contribution in [0.2, 0.25) is 0 Å². The number of benzene rings is 4. The van der Waals surface area contributed by atoms with Crippen molar-refractivity contribution in [3.8, 4) is 22.3 Å². The highest BCUT2D eigenvalue weighted by atomic mass is 32.1. The summed E-state index contributed by atoms with van der Waals surface area (Å²) >= 11 is 1.89. The van der Waals surface area contributed by atoms with Crippen molar-refractivity contribution < 1.29 is 0 Å². The molecule has 5 rings (SSSR count). The predicted molar refractivity (Wildman–Crippen MR) is 134 cm³/mol. The molecule has 1 heteroatoms. The van der Waals surface area contributed by atoms with Crippen molar-refractivity contribution in [3.05, 3.63) is 96.1 Å². The van der Waals surface area contributed by atoms with Gasteiger partial charge in [-0.1, -0.05) is 99.1 Å². The van der Waals surface area contributed by atoms with Crippen molar-refractivity contribution in [2.45, 2.75) is 33.1 Å². The van der Waals surface area contributed by atoms with Gasteiger partial charge >= 0.3 is 0 Å². The Hall–Kier alpha value is -2.90. The van der Waals surface area contributed by atoms with E-state index in [-0.39, 0.29) is 5.41 Å². The maximum absolute atomic E-state index is 2.33. The van der Waals surface area contributed by atoms with E-state index in [0.29, 0.717) is 0 Å². The third kappa shape index (κ3) is 3.14. The van der Waals surface area contributed by atoms with Crippen molar-refractivity contribution in [2.75, 3.05) is 0 Å². The second-order valence-electron chi connectivity index (χ2n) is 9.12. The van der Waals surface area contributed by atoms with Crippen molar-refractivity contribution in [2.24, 2.45) is 0 Å². The Labute approximate surface area is 182 Å². The standard InChI is InChI=1S/C29H26S/c1-19-15-17-20(18-16-19)21-10-7-12-23(28(21)29(2,3)4)22-11-8-14-26-27(22)24-9-5-6-13-25(24)30-26/h5-18H,1-4H3. The molecule has 0 atom stereocenters. The van der Waals surface area contributed by atoms with E-state index < -0.39 is 0 Å². The fourth-order valence-corrected chi connectivity index (χ4v) is 5.69. The number of hydrogen-bond acceptors (Lipinski definition) is 1. The third-order valence-corrected chi connectivity index (χ3v) is 7.01. The highest BCUT2D eigenvalue weighted by molar-refractivity contribution is 7.25. The van der Waals surface area contributed by atoms with Crippen LogP contribution in [0.15, 0.2) is 84.9 Å². The van der Waals surface area contributed by atoms with Gasteiger partial charge in [-0.2, -0.15) is 0 Å². The molecule has 0 fully saturated rings. The second kappa shape index (κ2) is 7.11. The topological polar surface area (TPSA) is 0 Å². The highest BCUT2D eigenvalue weighted by Crippen LogP contribution is 2.45. The lowest BCUT2D eigenvalue weighted by Crippen LogP contribution is -2.14. The lowest BCUT2D eigenvalue weighted by molar-refractivity contribution is 0.594. The smallest absolute Gasteiger partial charge is 0.0361 e. The lowest BCUT2D eigenvalue weighted by atomic mass is 9.77. The van der Waals surface area contributed by atoms with Crippen LogP contribution in [-0.4, -0.2) is 0 Å². The van der Waals surface area contributed by atoms with Gasteiger partial charge in [0.05, 0.1) is 0 Å². The average molecular weight is 407 g/mol. The van der Waals surface area contributed by atoms with Gasteiger partial charge in [-0.15, -0.1) is 11.3 Å². The molecule has 0 spiro atoms. The number of aryl methyl sites for hydroxylation is 1. The minimum Gasteiger partial charge on any atom is -0.135 e. The molecule has 1 heterocycles. The summed E-state index contributed by atoms with van der Waals surface area (Å²) in [7, 11) is 0. The zero-order valence-corrected chi connectivity index (χ0v) is 18.8. The summed E-state index contributed by atoms with van der Waals surface area (Å²) in [6, 6.07) is 31.3. The van der Waals surface area contributed by atoms with Crippen LogP contribution in [0.25, 0.3) is 42.4 Å². The molecular weight excluding hydrogens is 380 g/mol. The molecule has 0 nitrogen and oxygen atoms in total. The Morgan fingerprint density at radius 1 is 0.600 bits per heavy atom. The average Bonchev–Trinajstić information content (AvgIpc) is 3.12. The molecule has 0 aliphatic rings. The monoisotopic (exact) mass is 406 g/mol. The molecule has 30 heavy (non-hydrogen) atoms.